The summed E-state index contributed by atoms with van der Waals surface area (Å²) in [6.45, 7) is 5.42. The van der Waals surface area contributed by atoms with Crippen molar-refractivity contribution >= 4 is 36.7 Å². The highest BCUT2D eigenvalue weighted by Crippen LogP contribution is 2.60. The zero-order valence-electron chi connectivity index (χ0n) is 30.7. The van der Waals surface area contributed by atoms with E-state index in [4.69, 9.17) is 9.47 Å². The second-order valence-corrected chi connectivity index (χ2v) is 19.0. The number of aromatic nitrogens is 2. The van der Waals surface area contributed by atoms with Gasteiger partial charge in [-0.1, -0.05) is 61.5 Å². The predicted molar refractivity (Wildman–Crippen MR) is 206 cm³/mol. The van der Waals surface area contributed by atoms with Crippen LogP contribution in [0.1, 0.15) is 35.6 Å². The third-order valence-corrected chi connectivity index (χ3v) is 14.1. The van der Waals surface area contributed by atoms with Gasteiger partial charge in [-0.05, 0) is 72.6 Å². The van der Waals surface area contributed by atoms with Gasteiger partial charge in [-0.25, -0.2) is 0 Å². The van der Waals surface area contributed by atoms with Crippen molar-refractivity contribution in [2.45, 2.75) is 69.2 Å². The van der Waals surface area contributed by atoms with Gasteiger partial charge < -0.3 is 28.5 Å². The molecular weight excluding hydrogens is 704 g/mol. The number of halogens is 1. The van der Waals surface area contributed by atoms with E-state index in [1.807, 2.05) is 67.6 Å². The van der Waals surface area contributed by atoms with Crippen LogP contribution >= 0.6 is 0 Å². The molecule has 54 heavy (non-hydrogen) atoms. The minimum atomic E-state index is -3.55. The lowest BCUT2D eigenvalue weighted by Crippen LogP contribution is -2.48. The number of hydrogen-bond donors (Lipinski definition) is 1. The third kappa shape index (κ3) is 5.83. The molecule has 5 atom stereocenters. The van der Waals surface area contributed by atoms with Crippen molar-refractivity contribution in [2.24, 2.45) is 5.92 Å². The van der Waals surface area contributed by atoms with Gasteiger partial charge in [0, 0.05) is 29.0 Å². The van der Waals surface area contributed by atoms with Crippen molar-refractivity contribution in [3.63, 3.8) is 0 Å². The van der Waals surface area contributed by atoms with Crippen molar-refractivity contribution in [1.29, 1.82) is 0 Å². The molecule has 0 unspecified atom stereocenters. The molecule has 0 radical (unpaired) electrons. The van der Waals surface area contributed by atoms with Crippen LogP contribution < -0.4 is 15.2 Å². The molecule has 0 saturated carbocycles. The van der Waals surface area contributed by atoms with E-state index >= 15 is 4.11 Å². The fourth-order valence-electron chi connectivity index (χ4n) is 9.04. The van der Waals surface area contributed by atoms with Gasteiger partial charge in [0.05, 0.1) is 61.8 Å². The highest BCUT2D eigenvalue weighted by Gasteiger charge is 2.67. The lowest BCUT2D eigenvalue weighted by Gasteiger charge is -2.37. The van der Waals surface area contributed by atoms with Crippen LogP contribution in [0.4, 0.5) is 9.80 Å². The first-order valence-electron chi connectivity index (χ1n) is 18.3. The normalized spacial score (nSPS) is 23.6. The van der Waals surface area contributed by atoms with E-state index in [1.165, 1.54) is 4.68 Å². The van der Waals surface area contributed by atoms with Crippen molar-refractivity contribution in [1.82, 2.24) is 14.7 Å². The molecule has 4 aromatic carbocycles. The molecule has 0 aliphatic carbocycles. The number of hydrogen-bond acceptors (Lipinski definition) is 7. The zero-order valence-corrected chi connectivity index (χ0v) is 31.7. The molecule has 8 rings (SSSR count). The summed E-state index contributed by atoms with van der Waals surface area (Å²) in [7, 11) is -2.00. The summed E-state index contributed by atoms with van der Waals surface area (Å²) in [5, 5.41) is 16.0. The Bertz CT molecular complexity index is 2330. The Hall–Kier alpha value is -5.17. The van der Waals surface area contributed by atoms with E-state index in [1.54, 1.807) is 66.5 Å². The van der Waals surface area contributed by atoms with Crippen LogP contribution in [0.5, 0.6) is 5.75 Å². The van der Waals surface area contributed by atoms with E-state index in [0.717, 1.165) is 22.1 Å². The lowest BCUT2D eigenvalue weighted by molar-refractivity contribution is -0.151. The number of aliphatic hydroxyl groups excluding tert-OH is 1. The summed E-state index contributed by atoms with van der Waals surface area (Å²) in [6, 6.07) is 27.5. The summed E-state index contributed by atoms with van der Waals surface area (Å²) < 4.78 is 30.4. The van der Waals surface area contributed by atoms with Crippen molar-refractivity contribution in [3.05, 3.63) is 130 Å². The standard InChI is InChI=1S/C42H43FN4O6Si/c1-26-39(54(3,4)43)37(21-38(49)45-24-30-11-6-5-9-28(30)19-32(45)25-48)53-42(26)35-20-33(52-2)17-18-36(35)46(41(42)51)23-27-13-15-31(16-14-27)47-40(50)34-12-8-7-10-29(34)22-44-47/h5-18,20,22,26,32,37,39,48H,19,21,23-25H2,1-4H3/t26-,32+,37+,39-,42+/m1/s1. The Balaban J connectivity index is 1.11. The number of anilines is 1. The first-order chi connectivity index (χ1) is 25.9. The highest BCUT2D eigenvalue weighted by molar-refractivity contribution is 6.72. The lowest BCUT2D eigenvalue weighted by atomic mass is 9.82. The number of methoxy groups -OCH3 is 1. The number of rotatable bonds is 8. The van der Waals surface area contributed by atoms with Crippen molar-refractivity contribution in [2.75, 3.05) is 18.6 Å². The topological polar surface area (TPSA) is 114 Å². The molecule has 5 aromatic rings. The number of nitrogens with zero attached hydrogens (tertiary/aromatic N) is 4. The van der Waals surface area contributed by atoms with Crippen LogP contribution in [0.2, 0.25) is 18.6 Å². The van der Waals surface area contributed by atoms with Crippen LogP contribution in [-0.2, 0) is 39.4 Å². The number of amides is 2. The molecule has 1 aromatic heterocycles. The fourth-order valence-corrected chi connectivity index (χ4v) is 11.5. The number of ether oxygens (including phenoxy) is 2. The van der Waals surface area contributed by atoms with Gasteiger partial charge in [0.15, 0.2) is 5.60 Å². The molecule has 12 heteroatoms. The van der Waals surface area contributed by atoms with E-state index in [0.29, 0.717) is 41.0 Å². The Morgan fingerprint density at radius 1 is 1.02 bits per heavy atom. The number of carbonyl (C=O) groups is 2. The minimum Gasteiger partial charge on any atom is -0.497 e. The van der Waals surface area contributed by atoms with Gasteiger partial charge in [-0.2, -0.15) is 9.78 Å². The summed E-state index contributed by atoms with van der Waals surface area (Å²) >= 11 is 0. The maximum atomic E-state index is 16.6. The molecule has 1 fully saturated rings. The van der Waals surface area contributed by atoms with Crippen LogP contribution in [0, 0.1) is 5.92 Å². The van der Waals surface area contributed by atoms with Crippen LogP contribution in [0.3, 0.4) is 0 Å². The van der Waals surface area contributed by atoms with Gasteiger partial charge in [-0.15, -0.1) is 0 Å². The first-order valence-corrected chi connectivity index (χ1v) is 21.3. The van der Waals surface area contributed by atoms with E-state index in [2.05, 4.69) is 5.10 Å². The monoisotopic (exact) mass is 746 g/mol. The maximum Gasteiger partial charge on any atom is 0.279 e. The van der Waals surface area contributed by atoms with E-state index in [9.17, 15) is 19.5 Å². The highest BCUT2D eigenvalue weighted by atomic mass is 28.4. The van der Waals surface area contributed by atoms with Gasteiger partial charge >= 0.3 is 0 Å². The molecule has 0 bridgehead atoms. The Morgan fingerprint density at radius 2 is 1.74 bits per heavy atom. The second-order valence-electron chi connectivity index (χ2n) is 15.2. The third-order valence-electron chi connectivity index (χ3n) is 11.6. The average Bonchev–Trinajstić information content (AvgIpc) is 3.60. The summed E-state index contributed by atoms with van der Waals surface area (Å²) in [5.74, 6) is -0.640. The van der Waals surface area contributed by atoms with Gasteiger partial charge in [0.2, 0.25) is 14.3 Å². The molecule has 1 saturated heterocycles. The molecule has 3 aliphatic heterocycles. The van der Waals surface area contributed by atoms with Crippen LogP contribution in [0.15, 0.2) is 102 Å². The molecule has 3 aliphatic rings. The molecular formula is C42H43FN4O6Si. The molecule has 10 nitrogen and oxygen atoms in total. The summed E-state index contributed by atoms with van der Waals surface area (Å²) in [5.41, 5.74) is 2.24. The predicted octanol–water partition coefficient (Wildman–Crippen LogP) is 6.05. The smallest absolute Gasteiger partial charge is 0.279 e. The van der Waals surface area contributed by atoms with Gasteiger partial charge in [0.1, 0.15) is 5.75 Å². The Labute approximate surface area is 313 Å². The Morgan fingerprint density at radius 3 is 2.46 bits per heavy atom. The summed E-state index contributed by atoms with van der Waals surface area (Å²) in [6.07, 6.45) is 1.19. The average molecular weight is 747 g/mol. The van der Waals surface area contributed by atoms with E-state index in [-0.39, 0.29) is 36.9 Å². The number of carbonyl (C=O) groups excluding carboxylic acids is 2. The van der Waals surface area contributed by atoms with Gasteiger partial charge in [0.25, 0.3) is 11.5 Å². The van der Waals surface area contributed by atoms with Gasteiger partial charge in [-0.3, -0.25) is 14.4 Å². The maximum absolute atomic E-state index is 16.6. The molecule has 4 heterocycles. The first kappa shape index (κ1) is 35.8. The Kier molecular flexibility index (Phi) is 9.02. The van der Waals surface area contributed by atoms with Crippen molar-refractivity contribution in [3.8, 4) is 11.4 Å². The zero-order chi connectivity index (χ0) is 37.9. The van der Waals surface area contributed by atoms with Crippen LogP contribution in [0.25, 0.3) is 16.5 Å². The number of benzene rings is 4. The van der Waals surface area contributed by atoms with Crippen molar-refractivity contribution < 1.29 is 28.3 Å². The molecule has 278 valence electrons. The minimum absolute atomic E-state index is 0.119. The summed E-state index contributed by atoms with van der Waals surface area (Å²) in [4.78, 5) is 45.7. The molecule has 1 spiro atoms. The largest absolute Gasteiger partial charge is 0.497 e. The SMILES string of the molecule is COc1ccc2c(c1)[C@]1(O[C@@H](CC(=O)N3Cc4ccccc4C[C@H]3CO)[C@H]([Si](C)(C)F)[C@H]1C)C(=O)N2Cc1ccc(-n2ncc3ccccc3c2=O)cc1. The number of fused-ring (bicyclic) bond motifs is 4. The molecule has 1 N–H and O–H groups in total. The van der Waals surface area contributed by atoms with Crippen LogP contribution in [-0.4, -0.2) is 65.9 Å². The second kappa shape index (κ2) is 13.6. The molecule has 2 amide bonds. The fraction of sp³-hybridized carbons (Fsp3) is 0.333. The van der Waals surface area contributed by atoms with E-state index < -0.39 is 37.6 Å². The number of aliphatic hydroxyl groups is 1. The quantitative estimate of drug-likeness (QED) is 0.152.